The predicted molar refractivity (Wildman–Crippen MR) is 95.6 cm³/mol. The third-order valence-corrected chi connectivity index (χ3v) is 5.15. The number of methoxy groups -OCH3 is 1. The van der Waals surface area contributed by atoms with Crippen molar-refractivity contribution >= 4 is 5.91 Å². The van der Waals surface area contributed by atoms with Crippen molar-refractivity contribution in [3.05, 3.63) is 59.9 Å². The van der Waals surface area contributed by atoms with E-state index in [4.69, 9.17) is 4.74 Å². The van der Waals surface area contributed by atoms with Crippen LogP contribution in [0.25, 0.3) is 0 Å². The maximum absolute atomic E-state index is 12.6. The molecule has 4 rings (SSSR count). The number of benzene rings is 1. The molecule has 25 heavy (non-hydrogen) atoms. The largest absolute Gasteiger partial charge is 0.497 e. The molecule has 2 atom stereocenters. The smallest absolute Gasteiger partial charge is 0.251 e. The molecule has 2 fully saturated rings. The average molecular weight is 337 g/mol. The van der Waals surface area contributed by atoms with Gasteiger partial charge in [-0.05, 0) is 49.1 Å². The Morgan fingerprint density at radius 2 is 2.00 bits per heavy atom. The van der Waals surface area contributed by atoms with E-state index < -0.39 is 0 Å². The number of nitrogens with one attached hydrogen (secondary N) is 1. The van der Waals surface area contributed by atoms with Crippen LogP contribution in [0.4, 0.5) is 0 Å². The van der Waals surface area contributed by atoms with E-state index in [1.54, 1.807) is 31.6 Å². The maximum Gasteiger partial charge on any atom is 0.251 e. The van der Waals surface area contributed by atoms with Gasteiger partial charge in [-0.25, -0.2) is 0 Å². The molecule has 5 heteroatoms. The summed E-state index contributed by atoms with van der Waals surface area (Å²) in [6.07, 6.45) is 6.78. The number of aromatic nitrogens is 1. The summed E-state index contributed by atoms with van der Waals surface area (Å²) in [5, 5.41) is 3.24. The van der Waals surface area contributed by atoms with Crippen LogP contribution in [-0.4, -0.2) is 41.5 Å². The van der Waals surface area contributed by atoms with Crippen molar-refractivity contribution in [3.63, 3.8) is 0 Å². The zero-order valence-electron chi connectivity index (χ0n) is 14.4. The first-order valence-corrected chi connectivity index (χ1v) is 8.87. The first-order valence-electron chi connectivity index (χ1n) is 8.87. The van der Waals surface area contributed by atoms with E-state index in [9.17, 15) is 4.79 Å². The Labute approximate surface area is 148 Å². The summed E-state index contributed by atoms with van der Waals surface area (Å²) in [7, 11) is 1.69. The summed E-state index contributed by atoms with van der Waals surface area (Å²) < 4.78 is 5.40. The summed E-state index contributed by atoms with van der Waals surface area (Å²) in [4.78, 5) is 19.1. The van der Waals surface area contributed by atoms with Crippen LogP contribution >= 0.6 is 0 Å². The predicted octanol–water partition coefficient (Wildman–Crippen LogP) is 2.80. The average Bonchev–Trinajstić information content (AvgIpc) is 3.43. The number of amides is 1. The Hall–Kier alpha value is -2.40. The lowest BCUT2D eigenvalue weighted by Crippen LogP contribution is -2.40. The molecule has 0 radical (unpaired) electrons. The van der Waals surface area contributed by atoms with Crippen LogP contribution in [-0.2, 0) is 0 Å². The summed E-state index contributed by atoms with van der Waals surface area (Å²) in [5.41, 5.74) is 1.87. The fraction of sp³-hybridized carbons (Fsp3) is 0.400. The number of rotatable bonds is 5. The summed E-state index contributed by atoms with van der Waals surface area (Å²) in [5.74, 6) is 0.831. The first-order chi connectivity index (χ1) is 12.3. The number of pyridine rings is 1. The highest BCUT2D eigenvalue weighted by atomic mass is 16.5. The molecule has 0 spiro atoms. The minimum Gasteiger partial charge on any atom is -0.497 e. The number of nitrogens with zero attached hydrogens (tertiary/aromatic N) is 2. The quantitative estimate of drug-likeness (QED) is 0.911. The lowest BCUT2D eigenvalue weighted by Gasteiger charge is -2.29. The van der Waals surface area contributed by atoms with Crippen molar-refractivity contribution in [2.75, 3.05) is 13.7 Å². The topological polar surface area (TPSA) is 54.5 Å². The van der Waals surface area contributed by atoms with E-state index in [-0.39, 0.29) is 18.0 Å². The second-order valence-corrected chi connectivity index (χ2v) is 6.79. The van der Waals surface area contributed by atoms with Crippen molar-refractivity contribution in [1.29, 1.82) is 0 Å². The summed E-state index contributed by atoms with van der Waals surface area (Å²) in [6, 6.07) is 12.7. The number of hydrogen-bond donors (Lipinski definition) is 1. The van der Waals surface area contributed by atoms with Gasteiger partial charge in [0, 0.05) is 30.5 Å². The molecule has 1 N–H and O–H groups in total. The van der Waals surface area contributed by atoms with Crippen LogP contribution in [0.3, 0.4) is 0 Å². The van der Waals surface area contributed by atoms with Crippen LogP contribution in [0.2, 0.25) is 0 Å². The second-order valence-electron chi connectivity index (χ2n) is 6.79. The van der Waals surface area contributed by atoms with Gasteiger partial charge in [0.05, 0.1) is 19.2 Å². The Bertz CT molecular complexity index is 746. The molecular weight excluding hydrogens is 314 g/mol. The monoisotopic (exact) mass is 337 g/mol. The van der Waals surface area contributed by atoms with E-state index in [2.05, 4.69) is 27.3 Å². The van der Waals surface area contributed by atoms with Crippen LogP contribution in [0.15, 0.2) is 48.8 Å². The van der Waals surface area contributed by atoms with Gasteiger partial charge in [0.1, 0.15) is 5.75 Å². The second kappa shape index (κ2) is 6.84. The minimum absolute atomic E-state index is 0.0297. The van der Waals surface area contributed by atoms with Crippen molar-refractivity contribution < 1.29 is 9.53 Å². The lowest BCUT2D eigenvalue weighted by molar-refractivity contribution is 0.0923. The van der Waals surface area contributed by atoms with E-state index in [1.807, 2.05) is 12.1 Å². The molecule has 130 valence electrons. The van der Waals surface area contributed by atoms with Crippen LogP contribution < -0.4 is 10.1 Å². The van der Waals surface area contributed by atoms with Crippen LogP contribution in [0, 0.1) is 0 Å². The molecule has 1 saturated carbocycles. The number of carbonyl (C=O) groups is 1. The molecule has 2 unspecified atom stereocenters. The minimum atomic E-state index is -0.0297. The normalized spacial score (nSPS) is 23.4. The molecule has 5 nitrogen and oxygen atoms in total. The molecule has 2 aromatic rings. The van der Waals surface area contributed by atoms with Gasteiger partial charge in [-0.1, -0.05) is 12.1 Å². The Kier molecular flexibility index (Phi) is 4.40. The fourth-order valence-electron chi connectivity index (χ4n) is 3.79. The van der Waals surface area contributed by atoms with E-state index in [1.165, 1.54) is 18.4 Å². The van der Waals surface area contributed by atoms with Gasteiger partial charge in [-0.2, -0.15) is 0 Å². The van der Waals surface area contributed by atoms with E-state index >= 15 is 0 Å². The number of carbonyl (C=O) groups excluding carboxylic acids is 1. The molecule has 1 aromatic carbocycles. The molecule has 1 aliphatic heterocycles. The molecule has 1 amide bonds. The van der Waals surface area contributed by atoms with E-state index in [0.717, 1.165) is 18.7 Å². The highest BCUT2D eigenvalue weighted by Gasteiger charge is 2.43. The Morgan fingerprint density at radius 1 is 1.20 bits per heavy atom. The van der Waals surface area contributed by atoms with Crippen molar-refractivity contribution in [2.24, 2.45) is 0 Å². The molecule has 1 aromatic heterocycles. The highest BCUT2D eigenvalue weighted by Crippen LogP contribution is 2.41. The highest BCUT2D eigenvalue weighted by molar-refractivity contribution is 5.94. The first kappa shape index (κ1) is 16.1. The van der Waals surface area contributed by atoms with Gasteiger partial charge in [0.15, 0.2) is 0 Å². The zero-order valence-corrected chi connectivity index (χ0v) is 14.4. The van der Waals surface area contributed by atoms with Crippen LogP contribution in [0.5, 0.6) is 5.75 Å². The van der Waals surface area contributed by atoms with E-state index in [0.29, 0.717) is 11.6 Å². The lowest BCUT2D eigenvalue weighted by atomic mass is 9.99. The maximum atomic E-state index is 12.6. The Morgan fingerprint density at radius 3 is 2.72 bits per heavy atom. The third-order valence-electron chi connectivity index (χ3n) is 5.15. The molecule has 1 saturated heterocycles. The molecule has 0 bridgehead atoms. The third kappa shape index (κ3) is 3.37. The molecular formula is C20H23N3O2. The zero-order chi connectivity index (χ0) is 17.2. The number of likely N-dealkylation sites (tertiary alicyclic amines) is 1. The van der Waals surface area contributed by atoms with Gasteiger partial charge < -0.3 is 10.1 Å². The fourth-order valence-corrected chi connectivity index (χ4v) is 3.79. The van der Waals surface area contributed by atoms with Gasteiger partial charge in [-0.3, -0.25) is 14.7 Å². The standard InChI is InChI=1S/C20H23N3O2/c1-25-17-4-2-3-15(13-17)19-18(9-12-23(19)16-5-6-16)22-20(24)14-7-10-21-11-8-14/h2-4,7-8,10-11,13,16,18-19H,5-6,9,12H2,1H3,(H,22,24). The Balaban J connectivity index is 1.58. The van der Waals surface area contributed by atoms with Crippen molar-refractivity contribution in [1.82, 2.24) is 15.2 Å². The number of ether oxygens (including phenoxy) is 1. The molecule has 2 aliphatic rings. The van der Waals surface area contributed by atoms with Gasteiger partial charge in [0.25, 0.3) is 5.91 Å². The van der Waals surface area contributed by atoms with Gasteiger partial charge in [0.2, 0.25) is 0 Å². The van der Waals surface area contributed by atoms with Gasteiger partial charge >= 0.3 is 0 Å². The SMILES string of the molecule is COc1cccc(C2C(NC(=O)c3ccncc3)CCN2C2CC2)c1. The molecule has 2 heterocycles. The van der Waals surface area contributed by atoms with Crippen molar-refractivity contribution in [2.45, 2.75) is 37.4 Å². The van der Waals surface area contributed by atoms with Gasteiger partial charge in [-0.15, -0.1) is 0 Å². The summed E-state index contributed by atoms with van der Waals surface area (Å²) >= 11 is 0. The number of hydrogen-bond acceptors (Lipinski definition) is 4. The van der Waals surface area contributed by atoms with Crippen LogP contribution in [0.1, 0.15) is 41.2 Å². The molecule has 1 aliphatic carbocycles. The summed E-state index contributed by atoms with van der Waals surface area (Å²) in [6.45, 7) is 1.02. The van der Waals surface area contributed by atoms with Crippen molar-refractivity contribution in [3.8, 4) is 5.75 Å².